The van der Waals surface area contributed by atoms with Crippen LogP contribution in [0.2, 0.25) is 0 Å². The van der Waals surface area contributed by atoms with E-state index in [1.165, 1.54) is 0 Å². The molecular formula is C14H15BrO2. The van der Waals surface area contributed by atoms with Crippen molar-refractivity contribution in [1.29, 1.82) is 0 Å². The summed E-state index contributed by atoms with van der Waals surface area (Å²) >= 11 is 3.43. The molecule has 17 heavy (non-hydrogen) atoms. The average molecular weight is 295 g/mol. The SMILES string of the molecule is C=C(CC)CC(O)c1cc2cccc(Br)c2o1. The lowest BCUT2D eigenvalue weighted by Crippen LogP contribution is -1.96. The van der Waals surface area contributed by atoms with Gasteiger partial charge in [-0.05, 0) is 34.5 Å². The monoisotopic (exact) mass is 294 g/mol. The van der Waals surface area contributed by atoms with Gasteiger partial charge in [-0.2, -0.15) is 0 Å². The van der Waals surface area contributed by atoms with E-state index in [2.05, 4.69) is 22.5 Å². The number of aliphatic hydroxyl groups excluding tert-OH is 1. The normalized spacial score (nSPS) is 12.9. The Balaban J connectivity index is 2.30. The van der Waals surface area contributed by atoms with Crippen LogP contribution in [0, 0.1) is 0 Å². The summed E-state index contributed by atoms with van der Waals surface area (Å²) in [6, 6.07) is 7.72. The molecule has 0 saturated carbocycles. The number of rotatable bonds is 4. The smallest absolute Gasteiger partial charge is 0.148 e. The minimum Gasteiger partial charge on any atom is -0.457 e. The third-order valence-corrected chi connectivity index (χ3v) is 3.45. The maximum atomic E-state index is 10.0. The molecule has 0 spiro atoms. The second-order valence-corrected chi connectivity index (χ2v) is 4.98. The van der Waals surface area contributed by atoms with Gasteiger partial charge in [0.2, 0.25) is 0 Å². The molecule has 2 aromatic rings. The summed E-state index contributed by atoms with van der Waals surface area (Å²) in [7, 11) is 0. The van der Waals surface area contributed by atoms with Gasteiger partial charge in [0.05, 0.1) is 4.47 Å². The molecule has 0 aliphatic rings. The Morgan fingerprint density at radius 3 is 2.94 bits per heavy atom. The third kappa shape index (κ3) is 2.61. The van der Waals surface area contributed by atoms with Crippen molar-refractivity contribution in [3.05, 3.63) is 46.7 Å². The highest BCUT2D eigenvalue weighted by molar-refractivity contribution is 9.10. The highest BCUT2D eigenvalue weighted by Crippen LogP contribution is 2.31. The van der Waals surface area contributed by atoms with E-state index in [1.807, 2.05) is 31.2 Å². The van der Waals surface area contributed by atoms with Crippen molar-refractivity contribution in [3.8, 4) is 0 Å². The highest BCUT2D eigenvalue weighted by atomic mass is 79.9. The quantitative estimate of drug-likeness (QED) is 0.837. The van der Waals surface area contributed by atoms with Crippen LogP contribution in [0.15, 0.2) is 45.3 Å². The number of furan rings is 1. The Labute approximate surface area is 109 Å². The second-order valence-electron chi connectivity index (χ2n) is 4.13. The molecular weight excluding hydrogens is 280 g/mol. The second kappa shape index (κ2) is 5.07. The van der Waals surface area contributed by atoms with Crippen LogP contribution in [0.25, 0.3) is 11.0 Å². The van der Waals surface area contributed by atoms with Crippen LogP contribution in [-0.2, 0) is 0 Å². The van der Waals surface area contributed by atoms with Crippen LogP contribution in [0.4, 0.5) is 0 Å². The first-order chi connectivity index (χ1) is 8.11. The molecule has 0 amide bonds. The molecule has 90 valence electrons. The van der Waals surface area contributed by atoms with Gasteiger partial charge in [0.1, 0.15) is 17.4 Å². The first-order valence-electron chi connectivity index (χ1n) is 5.64. The molecule has 1 aromatic heterocycles. The predicted octanol–water partition coefficient (Wildman–Crippen LogP) is 4.59. The minimum absolute atomic E-state index is 0.550. The van der Waals surface area contributed by atoms with Crippen molar-refractivity contribution in [2.45, 2.75) is 25.9 Å². The third-order valence-electron chi connectivity index (χ3n) is 2.83. The van der Waals surface area contributed by atoms with Gasteiger partial charge in [-0.25, -0.2) is 0 Å². The van der Waals surface area contributed by atoms with Crippen LogP contribution >= 0.6 is 15.9 Å². The van der Waals surface area contributed by atoms with Gasteiger partial charge >= 0.3 is 0 Å². The molecule has 0 fully saturated rings. The summed E-state index contributed by atoms with van der Waals surface area (Å²) < 4.78 is 6.57. The van der Waals surface area contributed by atoms with Crippen molar-refractivity contribution < 1.29 is 9.52 Å². The van der Waals surface area contributed by atoms with Gasteiger partial charge in [-0.1, -0.05) is 31.2 Å². The van der Waals surface area contributed by atoms with Crippen LogP contribution in [0.5, 0.6) is 0 Å². The van der Waals surface area contributed by atoms with E-state index in [4.69, 9.17) is 4.42 Å². The molecule has 1 N–H and O–H groups in total. The summed E-state index contributed by atoms with van der Waals surface area (Å²) in [4.78, 5) is 0. The number of hydrogen-bond donors (Lipinski definition) is 1. The molecule has 0 radical (unpaired) electrons. The molecule has 3 heteroatoms. The lowest BCUT2D eigenvalue weighted by Gasteiger charge is -2.08. The predicted molar refractivity (Wildman–Crippen MR) is 72.9 cm³/mol. The summed E-state index contributed by atoms with van der Waals surface area (Å²) in [5.74, 6) is 0.599. The Morgan fingerprint density at radius 1 is 1.53 bits per heavy atom. The van der Waals surface area contributed by atoms with Crippen LogP contribution in [-0.4, -0.2) is 5.11 Å². The fourth-order valence-corrected chi connectivity index (χ4v) is 2.19. The standard InChI is InChI=1S/C14H15BrO2/c1-3-9(2)7-12(16)13-8-10-5-4-6-11(15)14(10)17-13/h4-6,8,12,16H,2-3,7H2,1H3. The Kier molecular flexibility index (Phi) is 3.69. The summed E-state index contributed by atoms with van der Waals surface area (Å²) in [6.07, 6.45) is 0.816. The molecule has 0 aliphatic heterocycles. The molecule has 0 aliphatic carbocycles. The maximum Gasteiger partial charge on any atom is 0.148 e. The molecule has 0 bridgehead atoms. The van der Waals surface area contributed by atoms with Gasteiger partial charge in [0.25, 0.3) is 0 Å². The lowest BCUT2D eigenvalue weighted by atomic mass is 10.1. The number of aliphatic hydroxyl groups is 1. The Bertz CT molecular complexity index is 542. The van der Waals surface area contributed by atoms with E-state index in [0.717, 1.165) is 27.4 Å². The van der Waals surface area contributed by atoms with Crippen molar-refractivity contribution in [2.75, 3.05) is 0 Å². The van der Waals surface area contributed by atoms with E-state index in [0.29, 0.717) is 12.2 Å². The molecule has 2 nitrogen and oxygen atoms in total. The number of fused-ring (bicyclic) bond motifs is 1. The summed E-state index contributed by atoms with van der Waals surface area (Å²) in [5.41, 5.74) is 1.81. The fraction of sp³-hybridized carbons (Fsp3) is 0.286. The van der Waals surface area contributed by atoms with Crippen molar-refractivity contribution in [3.63, 3.8) is 0 Å². The highest BCUT2D eigenvalue weighted by Gasteiger charge is 2.15. The van der Waals surface area contributed by atoms with Crippen LogP contribution in [0.3, 0.4) is 0 Å². The Hall–Kier alpha value is -1.06. The van der Waals surface area contributed by atoms with Crippen molar-refractivity contribution in [1.82, 2.24) is 0 Å². The van der Waals surface area contributed by atoms with E-state index >= 15 is 0 Å². The van der Waals surface area contributed by atoms with E-state index in [9.17, 15) is 5.11 Å². The van der Waals surface area contributed by atoms with Crippen LogP contribution in [0.1, 0.15) is 31.6 Å². The van der Waals surface area contributed by atoms with Crippen molar-refractivity contribution in [2.24, 2.45) is 0 Å². The molecule has 1 unspecified atom stereocenters. The van der Waals surface area contributed by atoms with Gasteiger partial charge in [0, 0.05) is 11.8 Å². The van der Waals surface area contributed by atoms with Crippen molar-refractivity contribution >= 4 is 26.9 Å². The van der Waals surface area contributed by atoms with Gasteiger partial charge in [0.15, 0.2) is 0 Å². The average Bonchev–Trinajstić information content (AvgIpc) is 2.74. The zero-order valence-corrected chi connectivity index (χ0v) is 11.3. The maximum absolute atomic E-state index is 10.0. The lowest BCUT2D eigenvalue weighted by molar-refractivity contribution is 0.152. The van der Waals surface area contributed by atoms with Gasteiger partial charge in [-0.15, -0.1) is 0 Å². The zero-order chi connectivity index (χ0) is 12.4. The number of para-hydroxylation sites is 1. The molecule has 2 rings (SSSR count). The van der Waals surface area contributed by atoms with Gasteiger partial charge in [-0.3, -0.25) is 0 Å². The summed E-state index contributed by atoms with van der Waals surface area (Å²) in [5, 5.41) is 11.0. The fourth-order valence-electron chi connectivity index (χ4n) is 1.73. The first-order valence-corrected chi connectivity index (χ1v) is 6.43. The minimum atomic E-state index is -0.609. The van der Waals surface area contributed by atoms with Crippen LogP contribution < -0.4 is 0 Å². The first kappa shape index (κ1) is 12.4. The molecule has 1 heterocycles. The topological polar surface area (TPSA) is 33.4 Å². The molecule has 0 saturated heterocycles. The van der Waals surface area contributed by atoms with E-state index in [1.54, 1.807) is 0 Å². The number of benzene rings is 1. The molecule has 1 aromatic carbocycles. The Morgan fingerprint density at radius 2 is 2.29 bits per heavy atom. The zero-order valence-electron chi connectivity index (χ0n) is 9.74. The number of halogens is 1. The number of hydrogen-bond acceptors (Lipinski definition) is 2. The molecule has 1 atom stereocenters. The largest absolute Gasteiger partial charge is 0.457 e. The van der Waals surface area contributed by atoms with Gasteiger partial charge < -0.3 is 9.52 Å². The van der Waals surface area contributed by atoms with E-state index in [-0.39, 0.29) is 0 Å². The summed E-state index contributed by atoms with van der Waals surface area (Å²) in [6.45, 7) is 5.93. The van der Waals surface area contributed by atoms with E-state index < -0.39 is 6.10 Å².